The molecule has 198 valence electrons. The quantitative estimate of drug-likeness (QED) is 0.178. The molecule has 0 radical (unpaired) electrons. The van der Waals surface area contributed by atoms with Crippen LogP contribution < -0.4 is 11.1 Å². The van der Waals surface area contributed by atoms with Gasteiger partial charge in [0.2, 0.25) is 11.8 Å². The van der Waals surface area contributed by atoms with Crippen LogP contribution in [0.4, 0.5) is 0 Å². The van der Waals surface area contributed by atoms with E-state index in [2.05, 4.69) is 5.32 Å². The maximum Gasteiger partial charge on any atom is 0.243 e. The van der Waals surface area contributed by atoms with Crippen molar-refractivity contribution in [2.75, 3.05) is 13.1 Å². The highest BCUT2D eigenvalue weighted by Gasteiger charge is 2.42. The maximum atomic E-state index is 13.4. The molecule has 0 aliphatic carbocycles. The van der Waals surface area contributed by atoms with Crippen LogP contribution in [0.3, 0.4) is 0 Å². The van der Waals surface area contributed by atoms with Crippen molar-refractivity contribution in [3.05, 3.63) is 59.7 Å². The number of guanidine groups is 1. The van der Waals surface area contributed by atoms with E-state index in [1.54, 1.807) is 0 Å². The molecule has 37 heavy (non-hydrogen) atoms. The molecule has 0 saturated carbocycles. The minimum Gasteiger partial charge on any atom is -0.504 e. The molecule has 0 bridgehead atoms. The van der Waals surface area contributed by atoms with Crippen LogP contribution in [0.2, 0.25) is 0 Å². The number of amides is 2. The minimum atomic E-state index is -1.13. The first-order valence-electron chi connectivity index (χ1n) is 12.3. The van der Waals surface area contributed by atoms with Gasteiger partial charge in [-0.2, -0.15) is 0 Å². The first kappa shape index (κ1) is 26.2. The molecule has 2 aromatic carbocycles. The fourth-order valence-corrected chi connectivity index (χ4v) is 4.85. The van der Waals surface area contributed by atoms with Crippen LogP contribution in [0.1, 0.15) is 30.4 Å². The second kappa shape index (κ2) is 11.5. The number of nitrogens with one attached hydrogen (secondary N) is 2. The molecule has 2 aromatic rings. The van der Waals surface area contributed by atoms with Gasteiger partial charge in [0.15, 0.2) is 17.5 Å². The van der Waals surface area contributed by atoms with Gasteiger partial charge in [0, 0.05) is 19.5 Å². The topological polar surface area (TPSA) is 172 Å². The van der Waals surface area contributed by atoms with Crippen LogP contribution in [0.5, 0.6) is 11.5 Å². The largest absolute Gasteiger partial charge is 0.504 e. The molecule has 4 atom stereocenters. The average molecular weight is 512 g/mol. The van der Waals surface area contributed by atoms with Gasteiger partial charge in [-0.25, -0.2) is 0 Å². The van der Waals surface area contributed by atoms with Gasteiger partial charge >= 0.3 is 0 Å². The third-order valence-electron chi connectivity index (χ3n) is 6.84. The number of nitrogens with two attached hydrogens (primary N) is 1. The van der Waals surface area contributed by atoms with E-state index in [0.717, 1.165) is 5.56 Å². The highest BCUT2D eigenvalue weighted by atomic mass is 16.5. The Hall–Kier alpha value is -3.83. The van der Waals surface area contributed by atoms with Crippen LogP contribution in [0.25, 0.3) is 0 Å². The number of phenolic OH excluding ortho intramolecular Hbond substituents is 2. The molecule has 11 nitrogen and oxygen atoms in total. The van der Waals surface area contributed by atoms with Crippen molar-refractivity contribution >= 4 is 17.8 Å². The van der Waals surface area contributed by atoms with Gasteiger partial charge in [-0.3, -0.25) is 15.0 Å². The molecular formula is C26H33N5O6. The van der Waals surface area contributed by atoms with E-state index in [0.29, 0.717) is 31.6 Å². The second-order valence-corrected chi connectivity index (χ2v) is 9.47. The Labute approximate surface area is 215 Å². The zero-order valence-electron chi connectivity index (χ0n) is 20.4. The number of hydrogen-bond acceptors (Lipinski definition) is 7. The van der Waals surface area contributed by atoms with Crippen molar-refractivity contribution < 1.29 is 29.6 Å². The molecule has 2 aliphatic rings. The van der Waals surface area contributed by atoms with E-state index in [4.69, 9.17) is 15.9 Å². The molecule has 0 spiro atoms. The number of aromatic hydroxyl groups is 2. The summed E-state index contributed by atoms with van der Waals surface area (Å²) in [5.41, 5.74) is 7.03. The summed E-state index contributed by atoms with van der Waals surface area (Å²) >= 11 is 0. The summed E-state index contributed by atoms with van der Waals surface area (Å²) in [5, 5.41) is 40.5. The first-order chi connectivity index (χ1) is 17.7. The predicted molar refractivity (Wildman–Crippen MR) is 134 cm³/mol. The number of aliphatic hydroxyl groups excluding tert-OH is 1. The predicted octanol–water partition coefficient (Wildman–Crippen LogP) is 0.619. The van der Waals surface area contributed by atoms with Crippen LogP contribution in [-0.4, -0.2) is 80.4 Å². The zero-order chi connectivity index (χ0) is 26.5. The summed E-state index contributed by atoms with van der Waals surface area (Å²) in [4.78, 5) is 29.5. The van der Waals surface area contributed by atoms with Crippen molar-refractivity contribution in [2.24, 2.45) is 5.73 Å². The van der Waals surface area contributed by atoms with Gasteiger partial charge in [-0.15, -0.1) is 0 Å². The summed E-state index contributed by atoms with van der Waals surface area (Å²) in [6, 6.07) is 12.3. The number of rotatable bonds is 7. The Morgan fingerprint density at radius 3 is 2.54 bits per heavy atom. The van der Waals surface area contributed by atoms with E-state index in [1.807, 2.05) is 30.3 Å². The summed E-state index contributed by atoms with van der Waals surface area (Å²) in [6.07, 6.45) is -0.151. The van der Waals surface area contributed by atoms with E-state index in [-0.39, 0.29) is 48.9 Å². The average Bonchev–Trinajstić information content (AvgIpc) is 3.31. The SMILES string of the molecule is N=C(N)N1CCC[C@H](NC(=O)[C@@H]2C[C@@H](OCc3ccccc3)CN2C(=O)Cc2ccc(O)c(O)c2)C1O. The smallest absolute Gasteiger partial charge is 0.243 e. The molecule has 2 heterocycles. The van der Waals surface area contributed by atoms with Crippen molar-refractivity contribution in [2.45, 2.75) is 56.7 Å². The highest BCUT2D eigenvalue weighted by Crippen LogP contribution is 2.27. The Bertz CT molecular complexity index is 1130. The Morgan fingerprint density at radius 1 is 1.08 bits per heavy atom. The molecule has 2 amide bonds. The summed E-state index contributed by atoms with van der Waals surface area (Å²) < 4.78 is 6.05. The van der Waals surface area contributed by atoms with Crippen molar-refractivity contribution in [1.29, 1.82) is 5.41 Å². The number of ether oxygens (including phenoxy) is 1. The number of likely N-dealkylation sites (tertiary alicyclic amines) is 2. The van der Waals surface area contributed by atoms with Crippen molar-refractivity contribution in [3.63, 3.8) is 0 Å². The van der Waals surface area contributed by atoms with E-state index in [1.165, 1.54) is 28.0 Å². The lowest BCUT2D eigenvalue weighted by Gasteiger charge is -2.39. The van der Waals surface area contributed by atoms with Crippen molar-refractivity contribution in [1.82, 2.24) is 15.1 Å². The van der Waals surface area contributed by atoms with E-state index in [9.17, 15) is 24.9 Å². The standard InChI is InChI=1S/C26H33N5O6/c27-26(28)30-10-4-7-19(25(30)36)29-24(35)20-13-18(37-15-16-5-2-1-3-6-16)14-31(20)23(34)12-17-8-9-21(32)22(33)11-17/h1-3,5-6,8-9,11,18-20,25,32-33,36H,4,7,10,12-15H2,(H3,27,28)(H,29,35)/t18-,19+,20+,25?/m1/s1. The number of carbonyl (C=O) groups excluding carboxylic acids is 2. The molecule has 4 rings (SSSR count). The lowest BCUT2D eigenvalue weighted by atomic mass is 10.0. The lowest BCUT2D eigenvalue weighted by Crippen LogP contribution is -2.60. The normalized spacial score (nSPS) is 23.6. The Kier molecular flexibility index (Phi) is 8.14. The highest BCUT2D eigenvalue weighted by molar-refractivity contribution is 5.89. The fraction of sp³-hybridized carbons (Fsp3) is 0.423. The van der Waals surface area contributed by atoms with E-state index < -0.39 is 24.2 Å². The van der Waals surface area contributed by atoms with Gasteiger partial charge in [-0.05, 0) is 36.1 Å². The fourth-order valence-electron chi connectivity index (χ4n) is 4.85. The van der Waals surface area contributed by atoms with Crippen molar-refractivity contribution in [3.8, 4) is 11.5 Å². The molecule has 11 heteroatoms. The first-order valence-corrected chi connectivity index (χ1v) is 12.3. The molecular weight excluding hydrogens is 478 g/mol. The number of aliphatic hydroxyl groups is 1. The number of nitrogens with zero attached hydrogens (tertiary/aromatic N) is 2. The third kappa shape index (κ3) is 6.30. The number of phenols is 2. The number of benzene rings is 2. The van der Waals surface area contributed by atoms with Crippen LogP contribution in [0, 0.1) is 5.41 Å². The molecule has 0 aromatic heterocycles. The van der Waals surface area contributed by atoms with Gasteiger partial charge in [0.1, 0.15) is 12.3 Å². The zero-order valence-corrected chi connectivity index (χ0v) is 20.4. The van der Waals surface area contributed by atoms with E-state index >= 15 is 0 Å². The Balaban J connectivity index is 1.47. The molecule has 1 unspecified atom stereocenters. The third-order valence-corrected chi connectivity index (χ3v) is 6.84. The van der Waals surface area contributed by atoms with Gasteiger partial charge < -0.3 is 40.9 Å². The monoisotopic (exact) mass is 511 g/mol. The number of hydrogen-bond donors (Lipinski definition) is 6. The lowest BCUT2D eigenvalue weighted by molar-refractivity contribution is -0.139. The molecule has 7 N–H and O–H groups in total. The number of carbonyl (C=O) groups is 2. The minimum absolute atomic E-state index is 0.0762. The Morgan fingerprint density at radius 2 is 1.84 bits per heavy atom. The summed E-state index contributed by atoms with van der Waals surface area (Å²) in [5.74, 6) is -1.62. The molecule has 2 saturated heterocycles. The maximum absolute atomic E-state index is 13.4. The van der Waals surface area contributed by atoms with Crippen LogP contribution in [-0.2, 0) is 27.4 Å². The second-order valence-electron chi connectivity index (χ2n) is 9.47. The molecule has 2 fully saturated rings. The molecule has 2 aliphatic heterocycles. The van der Waals surface area contributed by atoms with Crippen LogP contribution >= 0.6 is 0 Å². The number of piperidine rings is 1. The van der Waals surface area contributed by atoms with Crippen LogP contribution in [0.15, 0.2) is 48.5 Å². The van der Waals surface area contributed by atoms with Gasteiger partial charge in [0.25, 0.3) is 0 Å². The summed E-state index contributed by atoms with van der Waals surface area (Å²) in [7, 11) is 0. The van der Waals surface area contributed by atoms with Gasteiger partial charge in [-0.1, -0.05) is 36.4 Å². The summed E-state index contributed by atoms with van der Waals surface area (Å²) in [6.45, 7) is 0.967. The van der Waals surface area contributed by atoms with Gasteiger partial charge in [0.05, 0.1) is 25.2 Å².